The van der Waals surface area contributed by atoms with Crippen molar-refractivity contribution in [3.8, 4) is 0 Å². The number of anilines is 1. The number of rotatable bonds is 3. The van der Waals surface area contributed by atoms with E-state index >= 15 is 0 Å². The van der Waals surface area contributed by atoms with Crippen molar-refractivity contribution in [1.82, 2.24) is 0 Å². The first-order valence-corrected chi connectivity index (χ1v) is 8.76. The van der Waals surface area contributed by atoms with Crippen molar-refractivity contribution >= 4 is 21.5 Å². The Balaban J connectivity index is 2.12. The maximum Gasteiger partial charge on any atom is 0.264 e. The third-order valence-corrected chi connectivity index (χ3v) is 5.75. The number of aryl methyl sites for hydroxylation is 1. The van der Waals surface area contributed by atoms with E-state index in [0.29, 0.717) is 24.0 Å². The molecular weight excluding hydrogens is 317 g/mol. The highest BCUT2D eigenvalue weighted by molar-refractivity contribution is 7.92. The van der Waals surface area contributed by atoms with E-state index in [2.05, 4.69) is 0 Å². The number of nitrogens with zero attached hydrogens (tertiary/aromatic N) is 1. The summed E-state index contributed by atoms with van der Waals surface area (Å²) in [6.07, 6.45) is 1.27. The van der Waals surface area contributed by atoms with Crippen LogP contribution in [0.2, 0.25) is 0 Å². The van der Waals surface area contributed by atoms with Gasteiger partial charge >= 0.3 is 0 Å². The number of benzene rings is 2. The molecule has 0 radical (unpaired) electrons. The average molecular weight is 333 g/mol. The van der Waals surface area contributed by atoms with Crippen LogP contribution in [0.25, 0.3) is 0 Å². The van der Waals surface area contributed by atoms with E-state index in [1.807, 2.05) is 0 Å². The van der Waals surface area contributed by atoms with Crippen molar-refractivity contribution in [2.45, 2.75) is 24.7 Å². The van der Waals surface area contributed by atoms with Crippen LogP contribution >= 0.6 is 0 Å². The summed E-state index contributed by atoms with van der Waals surface area (Å²) < 4.78 is 41.2. The molecule has 23 heavy (non-hydrogen) atoms. The SMILES string of the molecule is CC(=O)c1cccc(S(=O)(=O)N2CCCc3cccc(F)c32)c1. The zero-order valence-electron chi connectivity index (χ0n) is 12.6. The fourth-order valence-electron chi connectivity index (χ4n) is 2.81. The molecule has 4 nitrogen and oxygen atoms in total. The molecule has 0 saturated heterocycles. The van der Waals surface area contributed by atoms with Gasteiger partial charge in [-0.1, -0.05) is 24.3 Å². The molecule has 120 valence electrons. The summed E-state index contributed by atoms with van der Waals surface area (Å²) in [5.41, 5.74) is 1.12. The maximum atomic E-state index is 14.2. The van der Waals surface area contributed by atoms with Gasteiger partial charge in [-0.05, 0) is 43.5 Å². The molecule has 2 aromatic rings. The van der Waals surface area contributed by atoms with Crippen LogP contribution < -0.4 is 4.31 Å². The normalized spacial score (nSPS) is 14.4. The third kappa shape index (κ3) is 2.74. The molecule has 2 aromatic carbocycles. The van der Waals surface area contributed by atoms with Crippen LogP contribution in [0.4, 0.5) is 10.1 Å². The number of fused-ring (bicyclic) bond motifs is 1. The largest absolute Gasteiger partial charge is 0.295 e. The van der Waals surface area contributed by atoms with Crippen LogP contribution in [-0.4, -0.2) is 20.7 Å². The minimum absolute atomic E-state index is 0.00121. The molecule has 0 aromatic heterocycles. The summed E-state index contributed by atoms with van der Waals surface area (Å²) in [5, 5.41) is 0. The molecule has 3 rings (SSSR count). The first-order chi connectivity index (χ1) is 10.9. The number of ketones is 1. The molecule has 1 heterocycles. The number of para-hydroxylation sites is 1. The number of sulfonamides is 1. The van der Waals surface area contributed by atoms with Crippen molar-refractivity contribution in [2.75, 3.05) is 10.8 Å². The molecule has 0 amide bonds. The zero-order valence-corrected chi connectivity index (χ0v) is 13.4. The van der Waals surface area contributed by atoms with Crippen LogP contribution in [-0.2, 0) is 16.4 Å². The summed E-state index contributed by atoms with van der Waals surface area (Å²) in [5.74, 6) is -0.763. The molecule has 0 spiro atoms. The molecule has 0 saturated carbocycles. The number of hydrogen-bond donors (Lipinski definition) is 0. The van der Waals surface area contributed by atoms with Crippen molar-refractivity contribution in [2.24, 2.45) is 0 Å². The van der Waals surface area contributed by atoms with Crippen molar-refractivity contribution in [3.05, 3.63) is 59.4 Å². The summed E-state index contributed by atoms with van der Waals surface area (Å²) >= 11 is 0. The molecule has 0 unspecified atom stereocenters. The minimum Gasteiger partial charge on any atom is -0.295 e. The number of hydrogen-bond acceptors (Lipinski definition) is 3. The summed E-state index contributed by atoms with van der Waals surface area (Å²) in [6, 6.07) is 10.4. The van der Waals surface area contributed by atoms with E-state index in [9.17, 15) is 17.6 Å². The highest BCUT2D eigenvalue weighted by Crippen LogP contribution is 2.34. The summed E-state index contributed by atoms with van der Waals surface area (Å²) in [7, 11) is -3.91. The lowest BCUT2D eigenvalue weighted by molar-refractivity contribution is 0.101. The van der Waals surface area contributed by atoms with Gasteiger partial charge in [0.05, 0.1) is 10.6 Å². The number of carbonyl (C=O) groups is 1. The maximum absolute atomic E-state index is 14.2. The van der Waals surface area contributed by atoms with E-state index in [1.54, 1.807) is 18.2 Å². The lowest BCUT2D eigenvalue weighted by atomic mass is 10.0. The van der Waals surface area contributed by atoms with E-state index in [4.69, 9.17) is 0 Å². The molecule has 0 aliphatic carbocycles. The fourth-order valence-corrected chi connectivity index (χ4v) is 4.40. The monoisotopic (exact) mass is 333 g/mol. The van der Waals surface area contributed by atoms with Gasteiger partial charge in [-0.3, -0.25) is 9.10 Å². The van der Waals surface area contributed by atoms with Crippen LogP contribution in [0, 0.1) is 5.82 Å². The molecule has 0 atom stereocenters. The molecule has 0 N–H and O–H groups in total. The van der Waals surface area contributed by atoms with Crippen LogP contribution in [0.15, 0.2) is 47.4 Å². The van der Waals surface area contributed by atoms with Crippen molar-refractivity contribution in [1.29, 1.82) is 0 Å². The average Bonchev–Trinajstić information content (AvgIpc) is 2.54. The van der Waals surface area contributed by atoms with E-state index < -0.39 is 15.8 Å². The Morgan fingerprint density at radius 1 is 1.17 bits per heavy atom. The van der Waals surface area contributed by atoms with Crippen LogP contribution in [0.1, 0.15) is 29.3 Å². The minimum atomic E-state index is -3.91. The molecular formula is C17H16FNO3S. The van der Waals surface area contributed by atoms with Crippen LogP contribution in [0.3, 0.4) is 0 Å². The molecule has 1 aliphatic heterocycles. The first-order valence-electron chi connectivity index (χ1n) is 7.32. The van der Waals surface area contributed by atoms with Crippen LogP contribution in [0.5, 0.6) is 0 Å². The highest BCUT2D eigenvalue weighted by Gasteiger charge is 2.31. The topological polar surface area (TPSA) is 54.5 Å². The standard InChI is InChI=1S/C17H16FNO3S/c1-12(20)14-6-2-8-15(11-14)23(21,22)19-10-4-7-13-5-3-9-16(18)17(13)19/h2-3,5-6,8-9,11H,4,7,10H2,1H3. The Bertz CT molecular complexity index is 877. The smallest absolute Gasteiger partial charge is 0.264 e. The first kappa shape index (κ1) is 15.7. The Kier molecular flexibility index (Phi) is 3.93. The Morgan fingerprint density at radius 2 is 1.91 bits per heavy atom. The Morgan fingerprint density at radius 3 is 2.65 bits per heavy atom. The molecule has 0 bridgehead atoms. The number of Topliss-reactive ketones (excluding diaryl/α,β-unsaturated/α-hetero) is 1. The lowest BCUT2D eigenvalue weighted by Crippen LogP contribution is -2.36. The molecule has 6 heteroatoms. The predicted octanol–water partition coefficient (Wildman–Crippen LogP) is 3.17. The van der Waals surface area contributed by atoms with Gasteiger partial charge in [-0.25, -0.2) is 12.8 Å². The highest BCUT2D eigenvalue weighted by atomic mass is 32.2. The van der Waals surface area contributed by atoms with Gasteiger partial charge in [-0.15, -0.1) is 0 Å². The van der Waals surface area contributed by atoms with Gasteiger partial charge in [0.15, 0.2) is 5.78 Å². The summed E-state index contributed by atoms with van der Waals surface area (Å²) in [4.78, 5) is 11.5. The second kappa shape index (κ2) is 5.77. The second-order valence-electron chi connectivity index (χ2n) is 5.51. The summed E-state index contributed by atoms with van der Waals surface area (Å²) in [6.45, 7) is 1.60. The van der Waals surface area contributed by atoms with E-state index in [1.165, 1.54) is 31.2 Å². The zero-order chi connectivity index (χ0) is 16.6. The van der Waals surface area contributed by atoms with Gasteiger partial charge in [0.25, 0.3) is 10.0 Å². The van der Waals surface area contributed by atoms with E-state index in [-0.39, 0.29) is 22.9 Å². The number of carbonyl (C=O) groups excluding carboxylic acids is 1. The van der Waals surface area contributed by atoms with Gasteiger partial charge < -0.3 is 0 Å². The van der Waals surface area contributed by atoms with Gasteiger partial charge in [0.2, 0.25) is 0 Å². The fraction of sp³-hybridized carbons (Fsp3) is 0.235. The van der Waals surface area contributed by atoms with Crippen molar-refractivity contribution < 1.29 is 17.6 Å². The van der Waals surface area contributed by atoms with Gasteiger partial charge in [0.1, 0.15) is 5.82 Å². The third-order valence-electron chi connectivity index (χ3n) is 3.96. The molecule has 1 aliphatic rings. The molecule has 0 fully saturated rings. The van der Waals surface area contributed by atoms with Crippen molar-refractivity contribution in [3.63, 3.8) is 0 Å². The predicted molar refractivity (Wildman–Crippen MR) is 85.7 cm³/mol. The Hall–Kier alpha value is -2.21. The van der Waals surface area contributed by atoms with Gasteiger partial charge in [0, 0.05) is 12.1 Å². The lowest BCUT2D eigenvalue weighted by Gasteiger charge is -2.30. The quantitative estimate of drug-likeness (QED) is 0.811. The second-order valence-corrected chi connectivity index (χ2v) is 7.37. The Labute approximate surface area is 134 Å². The van der Waals surface area contributed by atoms with E-state index in [0.717, 1.165) is 4.31 Å². The van der Waals surface area contributed by atoms with Gasteiger partial charge in [-0.2, -0.15) is 0 Å². The number of halogens is 1.